The van der Waals surface area contributed by atoms with Crippen LogP contribution < -0.4 is 5.73 Å². The molecule has 3 nitrogen and oxygen atoms in total. The van der Waals surface area contributed by atoms with Crippen LogP contribution in [-0.4, -0.2) is 43.8 Å². The van der Waals surface area contributed by atoms with Crippen LogP contribution >= 0.6 is 0 Å². The summed E-state index contributed by atoms with van der Waals surface area (Å²) in [5.41, 5.74) is 6.19. The van der Waals surface area contributed by atoms with Crippen LogP contribution in [0.3, 0.4) is 0 Å². The van der Waals surface area contributed by atoms with Crippen molar-refractivity contribution in [3.63, 3.8) is 0 Å². The molecule has 0 saturated carbocycles. The zero-order chi connectivity index (χ0) is 11.3. The summed E-state index contributed by atoms with van der Waals surface area (Å²) in [5, 5.41) is 0. The lowest BCUT2D eigenvalue weighted by Crippen LogP contribution is -2.52. The highest BCUT2D eigenvalue weighted by Gasteiger charge is 2.36. The Morgan fingerprint density at radius 3 is 2.53 bits per heavy atom. The number of rotatable bonds is 6. The molecule has 90 valence electrons. The van der Waals surface area contributed by atoms with E-state index < -0.39 is 0 Å². The van der Waals surface area contributed by atoms with Gasteiger partial charge in [-0.15, -0.1) is 0 Å². The Balaban J connectivity index is 2.56. The summed E-state index contributed by atoms with van der Waals surface area (Å²) in [6.45, 7) is 8.52. The Labute approximate surface area is 94.0 Å². The summed E-state index contributed by atoms with van der Waals surface area (Å²) in [5.74, 6) is 0.707. The van der Waals surface area contributed by atoms with Gasteiger partial charge in [-0.3, -0.25) is 4.90 Å². The number of hydrogen-bond donors (Lipinski definition) is 1. The Morgan fingerprint density at radius 1 is 1.40 bits per heavy atom. The van der Waals surface area contributed by atoms with Gasteiger partial charge in [-0.2, -0.15) is 0 Å². The maximum atomic E-state index is 5.96. The zero-order valence-electron chi connectivity index (χ0n) is 10.5. The van der Waals surface area contributed by atoms with Gasteiger partial charge in [0.05, 0.1) is 6.61 Å². The molecule has 1 rings (SSSR count). The van der Waals surface area contributed by atoms with Crippen LogP contribution in [0.15, 0.2) is 0 Å². The number of methoxy groups -OCH3 is 1. The van der Waals surface area contributed by atoms with Crippen molar-refractivity contribution in [2.45, 2.75) is 38.6 Å². The van der Waals surface area contributed by atoms with Gasteiger partial charge in [-0.1, -0.05) is 13.8 Å². The van der Waals surface area contributed by atoms with Crippen LogP contribution in [0.2, 0.25) is 0 Å². The van der Waals surface area contributed by atoms with Crippen LogP contribution in [0, 0.1) is 5.92 Å². The molecule has 0 aliphatic carbocycles. The fraction of sp³-hybridized carbons (Fsp3) is 1.00. The first-order valence-corrected chi connectivity index (χ1v) is 6.16. The zero-order valence-corrected chi connectivity index (χ0v) is 10.5. The average molecular weight is 214 g/mol. The average Bonchev–Trinajstić information content (AvgIpc) is 2.71. The van der Waals surface area contributed by atoms with Gasteiger partial charge >= 0.3 is 0 Å². The van der Waals surface area contributed by atoms with Crippen molar-refractivity contribution in [3.05, 3.63) is 0 Å². The van der Waals surface area contributed by atoms with Crippen molar-refractivity contribution in [1.29, 1.82) is 0 Å². The molecule has 3 heteroatoms. The number of likely N-dealkylation sites (tertiary alicyclic amines) is 1. The first kappa shape index (κ1) is 12.9. The third kappa shape index (κ3) is 2.71. The lowest BCUT2D eigenvalue weighted by Gasteiger charge is -2.40. The molecule has 1 fully saturated rings. The topological polar surface area (TPSA) is 38.5 Å². The third-order valence-electron chi connectivity index (χ3n) is 4.06. The molecule has 1 saturated heterocycles. The molecule has 0 aromatic heterocycles. The van der Waals surface area contributed by atoms with Gasteiger partial charge in [-0.05, 0) is 31.7 Å². The van der Waals surface area contributed by atoms with E-state index in [4.69, 9.17) is 10.5 Å². The molecule has 0 bridgehead atoms. The van der Waals surface area contributed by atoms with E-state index >= 15 is 0 Å². The second-order valence-corrected chi connectivity index (χ2v) is 4.69. The Bertz CT molecular complexity index is 172. The molecule has 0 radical (unpaired) electrons. The molecule has 0 aromatic carbocycles. The number of hydrogen-bond acceptors (Lipinski definition) is 3. The van der Waals surface area contributed by atoms with Gasteiger partial charge in [0, 0.05) is 25.7 Å². The van der Waals surface area contributed by atoms with Gasteiger partial charge in [0.2, 0.25) is 0 Å². The lowest BCUT2D eigenvalue weighted by molar-refractivity contribution is 0.0959. The summed E-state index contributed by atoms with van der Waals surface area (Å²) < 4.78 is 5.23. The molecule has 1 heterocycles. The van der Waals surface area contributed by atoms with Crippen molar-refractivity contribution in [2.75, 3.05) is 33.4 Å². The van der Waals surface area contributed by atoms with Gasteiger partial charge in [0.15, 0.2) is 0 Å². The first-order chi connectivity index (χ1) is 7.22. The molecule has 0 amide bonds. The van der Waals surface area contributed by atoms with Crippen molar-refractivity contribution in [1.82, 2.24) is 4.90 Å². The van der Waals surface area contributed by atoms with E-state index in [-0.39, 0.29) is 5.54 Å². The van der Waals surface area contributed by atoms with E-state index in [2.05, 4.69) is 18.7 Å². The maximum Gasteiger partial charge on any atom is 0.0503 e. The van der Waals surface area contributed by atoms with Gasteiger partial charge in [-0.25, -0.2) is 0 Å². The molecule has 15 heavy (non-hydrogen) atoms. The summed E-state index contributed by atoms with van der Waals surface area (Å²) in [7, 11) is 1.79. The highest BCUT2D eigenvalue weighted by atomic mass is 16.5. The largest absolute Gasteiger partial charge is 0.384 e. The van der Waals surface area contributed by atoms with Crippen molar-refractivity contribution in [3.8, 4) is 0 Å². The number of ether oxygens (including phenoxy) is 1. The highest BCUT2D eigenvalue weighted by molar-refractivity contribution is 4.93. The molecule has 1 unspecified atom stereocenters. The fourth-order valence-electron chi connectivity index (χ4n) is 2.75. The van der Waals surface area contributed by atoms with Crippen LogP contribution in [0.5, 0.6) is 0 Å². The fourth-order valence-corrected chi connectivity index (χ4v) is 2.75. The summed E-state index contributed by atoms with van der Waals surface area (Å²) in [6.07, 6.45) is 3.56. The predicted octanol–water partition coefficient (Wildman–Crippen LogP) is 1.47. The van der Waals surface area contributed by atoms with Gasteiger partial charge < -0.3 is 10.5 Å². The predicted molar refractivity (Wildman–Crippen MR) is 63.9 cm³/mol. The number of nitrogens with two attached hydrogens (primary N) is 1. The molecular formula is C12H26N2O. The standard InChI is InChI=1S/C12H26N2O/c1-4-12(5-2,10-13)14-7-6-11(8-14)9-15-3/h11H,4-10,13H2,1-3H3. The Kier molecular flexibility index (Phi) is 5.03. The smallest absolute Gasteiger partial charge is 0.0503 e. The van der Waals surface area contributed by atoms with E-state index in [0.717, 1.165) is 32.5 Å². The summed E-state index contributed by atoms with van der Waals surface area (Å²) in [4.78, 5) is 2.58. The Hall–Kier alpha value is -0.120. The minimum atomic E-state index is 0.239. The van der Waals surface area contributed by atoms with E-state index in [1.165, 1.54) is 13.0 Å². The van der Waals surface area contributed by atoms with Crippen molar-refractivity contribution < 1.29 is 4.74 Å². The molecular weight excluding hydrogens is 188 g/mol. The first-order valence-electron chi connectivity index (χ1n) is 6.16. The SMILES string of the molecule is CCC(CC)(CN)N1CCC(COC)C1. The molecule has 2 N–H and O–H groups in total. The van der Waals surface area contributed by atoms with Crippen LogP contribution in [0.4, 0.5) is 0 Å². The van der Waals surface area contributed by atoms with Gasteiger partial charge in [0.25, 0.3) is 0 Å². The molecule has 1 aliphatic heterocycles. The van der Waals surface area contributed by atoms with Crippen molar-refractivity contribution in [2.24, 2.45) is 11.7 Å². The van der Waals surface area contributed by atoms with Crippen molar-refractivity contribution >= 4 is 0 Å². The highest BCUT2D eigenvalue weighted by Crippen LogP contribution is 2.29. The lowest BCUT2D eigenvalue weighted by atomic mass is 9.91. The van der Waals surface area contributed by atoms with Gasteiger partial charge in [0.1, 0.15) is 0 Å². The summed E-state index contributed by atoms with van der Waals surface area (Å²) in [6, 6.07) is 0. The molecule has 1 atom stereocenters. The maximum absolute atomic E-state index is 5.96. The normalized spacial score (nSPS) is 23.6. The molecule has 0 aromatic rings. The van der Waals surface area contributed by atoms with Crippen LogP contribution in [-0.2, 0) is 4.74 Å². The molecule has 1 aliphatic rings. The quantitative estimate of drug-likeness (QED) is 0.728. The van der Waals surface area contributed by atoms with E-state index in [1.54, 1.807) is 7.11 Å². The van der Waals surface area contributed by atoms with E-state index in [9.17, 15) is 0 Å². The van der Waals surface area contributed by atoms with E-state index in [0.29, 0.717) is 5.92 Å². The van der Waals surface area contributed by atoms with E-state index in [1.807, 2.05) is 0 Å². The Morgan fingerprint density at radius 2 is 2.07 bits per heavy atom. The van der Waals surface area contributed by atoms with Crippen LogP contribution in [0.1, 0.15) is 33.1 Å². The minimum Gasteiger partial charge on any atom is -0.384 e. The minimum absolute atomic E-state index is 0.239. The second-order valence-electron chi connectivity index (χ2n) is 4.69. The second kappa shape index (κ2) is 5.83. The third-order valence-corrected chi connectivity index (χ3v) is 4.06. The molecule has 0 spiro atoms. The summed E-state index contributed by atoms with van der Waals surface area (Å²) >= 11 is 0. The van der Waals surface area contributed by atoms with Crippen LogP contribution in [0.25, 0.3) is 0 Å². The monoisotopic (exact) mass is 214 g/mol. The number of nitrogens with zero attached hydrogens (tertiary/aromatic N) is 1.